The molecule has 0 aromatic rings. The van der Waals surface area contributed by atoms with Crippen molar-refractivity contribution in [2.45, 2.75) is 39.5 Å². The summed E-state index contributed by atoms with van der Waals surface area (Å²) in [6, 6.07) is 0. The Hall–Kier alpha value is -1.11. The van der Waals surface area contributed by atoms with Crippen molar-refractivity contribution in [2.75, 3.05) is 0 Å². The minimum absolute atomic E-state index is 1.09. The summed E-state index contributed by atoms with van der Waals surface area (Å²) >= 11 is 0. The van der Waals surface area contributed by atoms with Crippen molar-refractivity contribution in [1.29, 1.82) is 0 Å². The molecule has 0 aromatic heterocycles. The summed E-state index contributed by atoms with van der Waals surface area (Å²) in [6.07, 6.45) is 10.3. The van der Waals surface area contributed by atoms with Crippen LogP contribution in [0.2, 0.25) is 0 Å². The third-order valence-electron chi connectivity index (χ3n) is 2.05. The van der Waals surface area contributed by atoms with E-state index in [4.69, 9.17) is 0 Å². The third kappa shape index (κ3) is 4.22. The van der Waals surface area contributed by atoms with Gasteiger partial charge in [-0.1, -0.05) is 39.2 Å². The molecule has 0 aromatic carbocycles. The van der Waals surface area contributed by atoms with Crippen LogP contribution in [0.3, 0.4) is 0 Å². The first-order chi connectivity index (χ1) is 6.88. The predicted octanol–water partition coefficient (Wildman–Crippen LogP) is 4.28. The lowest BCUT2D eigenvalue weighted by Gasteiger charge is -2.15. The van der Waals surface area contributed by atoms with Crippen LogP contribution < -0.4 is 0 Å². The number of hydrogen-bond donors (Lipinski definition) is 0. The molecule has 0 aliphatic heterocycles. The highest BCUT2D eigenvalue weighted by Gasteiger charge is 2.11. The van der Waals surface area contributed by atoms with Gasteiger partial charge in [-0.2, -0.15) is 0 Å². The molecule has 1 rings (SSSR count). The van der Waals surface area contributed by atoms with E-state index in [1.165, 1.54) is 24.1 Å². The molecule has 0 N–H and O–H groups in total. The Morgan fingerprint density at radius 1 is 1.14 bits per heavy atom. The SMILES string of the molecule is C=C/C=C1/CCCCC1=NC=C.CC. The maximum Gasteiger partial charge on any atom is 0.0435 e. The summed E-state index contributed by atoms with van der Waals surface area (Å²) in [6.45, 7) is 11.3. The lowest BCUT2D eigenvalue weighted by Crippen LogP contribution is -2.08. The second kappa shape index (κ2) is 8.49. The molecule has 1 aliphatic rings. The van der Waals surface area contributed by atoms with Gasteiger partial charge in [0.15, 0.2) is 0 Å². The molecule has 0 atom stereocenters. The van der Waals surface area contributed by atoms with Gasteiger partial charge in [-0.25, -0.2) is 0 Å². The second-order valence-corrected chi connectivity index (χ2v) is 2.89. The average molecular weight is 191 g/mol. The quantitative estimate of drug-likeness (QED) is 0.617. The monoisotopic (exact) mass is 191 g/mol. The first kappa shape index (κ1) is 12.9. The standard InChI is InChI=1S/C11H15N.C2H6/c1-3-7-10-8-5-6-9-11(10)12-4-2;1-2/h3-4,7H,1-2,5-6,8-9H2;1-2H3/b10-7-,12-11?;. The zero-order valence-electron chi connectivity index (χ0n) is 9.42. The molecule has 0 unspecified atom stereocenters. The molecule has 0 bridgehead atoms. The van der Waals surface area contributed by atoms with Crippen molar-refractivity contribution >= 4 is 5.71 Å². The van der Waals surface area contributed by atoms with Gasteiger partial charge in [-0.15, -0.1) is 0 Å². The summed E-state index contributed by atoms with van der Waals surface area (Å²) in [5.41, 5.74) is 2.52. The molecule has 78 valence electrons. The summed E-state index contributed by atoms with van der Waals surface area (Å²) < 4.78 is 0. The first-order valence-corrected chi connectivity index (χ1v) is 5.38. The maximum absolute atomic E-state index is 4.25. The Bertz CT molecular complexity index is 208. The van der Waals surface area contributed by atoms with Crippen LogP contribution in [0, 0.1) is 0 Å². The summed E-state index contributed by atoms with van der Waals surface area (Å²) in [7, 11) is 0. The lowest BCUT2D eigenvalue weighted by atomic mass is 9.92. The van der Waals surface area contributed by atoms with Crippen molar-refractivity contribution in [3.8, 4) is 0 Å². The molecule has 0 heterocycles. The molecule has 1 nitrogen and oxygen atoms in total. The van der Waals surface area contributed by atoms with Gasteiger partial charge in [-0.05, 0) is 31.3 Å². The number of hydrogen-bond acceptors (Lipinski definition) is 1. The number of rotatable bonds is 2. The van der Waals surface area contributed by atoms with E-state index in [1.807, 2.05) is 19.9 Å². The largest absolute Gasteiger partial charge is 0.262 e. The van der Waals surface area contributed by atoms with Gasteiger partial charge in [0.25, 0.3) is 0 Å². The summed E-state index contributed by atoms with van der Waals surface area (Å²) in [5, 5.41) is 0. The fraction of sp³-hybridized carbons (Fsp3) is 0.462. The van der Waals surface area contributed by atoms with Crippen molar-refractivity contribution in [1.82, 2.24) is 0 Å². The molecular formula is C13H21N. The van der Waals surface area contributed by atoms with Crippen LogP contribution in [-0.2, 0) is 0 Å². The van der Waals surface area contributed by atoms with E-state index in [9.17, 15) is 0 Å². The molecule has 1 aliphatic carbocycles. The highest BCUT2D eigenvalue weighted by molar-refractivity contribution is 6.01. The van der Waals surface area contributed by atoms with Crippen LogP contribution in [0.15, 0.2) is 42.1 Å². The Kier molecular flexibility index (Phi) is 7.81. The van der Waals surface area contributed by atoms with Crippen LogP contribution in [-0.4, -0.2) is 5.71 Å². The maximum atomic E-state index is 4.25. The molecule has 1 fully saturated rings. The molecule has 0 radical (unpaired) electrons. The summed E-state index contributed by atoms with van der Waals surface area (Å²) in [5.74, 6) is 0. The van der Waals surface area contributed by atoms with Gasteiger partial charge in [0.1, 0.15) is 0 Å². The first-order valence-electron chi connectivity index (χ1n) is 5.38. The van der Waals surface area contributed by atoms with Gasteiger partial charge in [-0.3, -0.25) is 4.99 Å². The van der Waals surface area contributed by atoms with E-state index >= 15 is 0 Å². The average Bonchev–Trinajstić information content (AvgIpc) is 2.25. The smallest absolute Gasteiger partial charge is 0.0435 e. The number of aliphatic imine (C=N–C) groups is 1. The van der Waals surface area contributed by atoms with Crippen molar-refractivity contribution in [3.05, 3.63) is 37.1 Å². The Morgan fingerprint density at radius 3 is 2.36 bits per heavy atom. The van der Waals surface area contributed by atoms with E-state index in [-0.39, 0.29) is 0 Å². The van der Waals surface area contributed by atoms with Gasteiger partial charge >= 0.3 is 0 Å². The molecule has 14 heavy (non-hydrogen) atoms. The van der Waals surface area contributed by atoms with Gasteiger partial charge in [0, 0.05) is 11.9 Å². The van der Waals surface area contributed by atoms with E-state index in [1.54, 1.807) is 6.20 Å². The van der Waals surface area contributed by atoms with Crippen LogP contribution in [0.25, 0.3) is 0 Å². The van der Waals surface area contributed by atoms with Crippen molar-refractivity contribution < 1.29 is 0 Å². The Morgan fingerprint density at radius 2 is 1.79 bits per heavy atom. The fourth-order valence-electron chi connectivity index (χ4n) is 1.49. The Balaban J connectivity index is 0.000000791. The van der Waals surface area contributed by atoms with E-state index in [0.29, 0.717) is 0 Å². The van der Waals surface area contributed by atoms with Crippen LogP contribution in [0.4, 0.5) is 0 Å². The minimum atomic E-state index is 1.09. The molecule has 1 heteroatoms. The Labute approximate surface area is 87.9 Å². The van der Waals surface area contributed by atoms with Crippen molar-refractivity contribution in [3.63, 3.8) is 0 Å². The predicted molar refractivity (Wildman–Crippen MR) is 65.7 cm³/mol. The third-order valence-corrected chi connectivity index (χ3v) is 2.05. The van der Waals surface area contributed by atoms with Crippen LogP contribution in [0.1, 0.15) is 39.5 Å². The van der Waals surface area contributed by atoms with Crippen LogP contribution in [0.5, 0.6) is 0 Å². The molecular weight excluding hydrogens is 170 g/mol. The fourth-order valence-corrected chi connectivity index (χ4v) is 1.49. The van der Waals surface area contributed by atoms with Gasteiger partial charge < -0.3 is 0 Å². The zero-order chi connectivity index (χ0) is 10.8. The second-order valence-electron chi connectivity index (χ2n) is 2.89. The molecule has 0 saturated heterocycles. The topological polar surface area (TPSA) is 12.4 Å². The normalized spacial score (nSPS) is 21.3. The highest BCUT2D eigenvalue weighted by atomic mass is 14.7. The van der Waals surface area contributed by atoms with Crippen LogP contribution >= 0.6 is 0 Å². The van der Waals surface area contributed by atoms with Gasteiger partial charge in [0.2, 0.25) is 0 Å². The summed E-state index contributed by atoms with van der Waals surface area (Å²) in [4.78, 5) is 4.25. The zero-order valence-corrected chi connectivity index (χ0v) is 9.42. The molecule has 0 amide bonds. The lowest BCUT2D eigenvalue weighted by molar-refractivity contribution is 0.733. The molecule has 1 saturated carbocycles. The van der Waals surface area contributed by atoms with Gasteiger partial charge in [0.05, 0.1) is 0 Å². The van der Waals surface area contributed by atoms with E-state index in [2.05, 4.69) is 24.2 Å². The minimum Gasteiger partial charge on any atom is -0.262 e. The highest BCUT2D eigenvalue weighted by Crippen LogP contribution is 2.21. The number of nitrogens with zero attached hydrogens (tertiary/aromatic N) is 1. The van der Waals surface area contributed by atoms with E-state index in [0.717, 1.165) is 12.8 Å². The van der Waals surface area contributed by atoms with E-state index < -0.39 is 0 Å². The number of allylic oxidation sites excluding steroid dienone is 3. The van der Waals surface area contributed by atoms with Crippen molar-refractivity contribution in [2.24, 2.45) is 4.99 Å². The molecule has 0 spiro atoms.